The number of H-pyrrole nitrogens is 1. The Morgan fingerprint density at radius 2 is 2.45 bits per heavy atom. The molecule has 0 aromatic carbocycles. The molecular weight excluding hydrogens is 138 g/mol. The maximum Gasteiger partial charge on any atom is 0.177 e. The summed E-state index contributed by atoms with van der Waals surface area (Å²) in [6, 6.07) is 3.88. The maximum absolute atomic E-state index is 4.26. The fourth-order valence-corrected chi connectivity index (χ4v) is 1.06. The number of pyridine rings is 1. The summed E-state index contributed by atoms with van der Waals surface area (Å²) in [6.45, 7) is 2.07. The number of hydrogen-bond donors (Lipinski definition) is 1. The molecule has 2 rings (SSSR count). The molecule has 0 bridgehead atoms. The molecule has 2 heterocycles. The van der Waals surface area contributed by atoms with E-state index in [-0.39, 0.29) is 0 Å². The SMILES string of the molecule is CCc1nc2ncccc2[nH]1. The minimum Gasteiger partial charge on any atom is -0.341 e. The van der Waals surface area contributed by atoms with Crippen LogP contribution < -0.4 is 0 Å². The van der Waals surface area contributed by atoms with Crippen LogP contribution in [0.15, 0.2) is 18.3 Å². The van der Waals surface area contributed by atoms with Crippen LogP contribution in [0.2, 0.25) is 0 Å². The summed E-state index contributed by atoms with van der Waals surface area (Å²) >= 11 is 0. The zero-order valence-corrected chi connectivity index (χ0v) is 6.33. The van der Waals surface area contributed by atoms with Crippen molar-refractivity contribution in [2.24, 2.45) is 0 Å². The van der Waals surface area contributed by atoms with E-state index in [0.29, 0.717) is 0 Å². The van der Waals surface area contributed by atoms with Crippen molar-refractivity contribution in [3.8, 4) is 0 Å². The van der Waals surface area contributed by atoms with Gasteiger partial charge in [0.2, 0.25) is 0 Å². The van der Waals surface area contributed by atoms with Crippen LogP contribution in [0.1, 0.15) is 12.7 Å². The Morgan fingerprint density at radius 1 is 1.55 bits per heavy atom. The van der Waals surface area contributed by atoms with E-state index in [0.717, 1.165) is 23.4 Å². The van der Waals surface area contributed by atoms with E-state index in [9.17, 15) is 0 Å². The Balaban J connectivity index is 2.69. The molecule has 0 fully saturated rings. The summed E-state index contributed by atoms with van der Waals surface area (Å²) in [4.78, 5) is 11.5. The highest BCUT2D eigenvalue weighted by molar-refractivity contribution is 5.69. The van der Waals surface area contributed by atoms with Crippen LogP contribution in [0.3, 0.4) is 0 Å². The minimum atomic E-state index is 0.810. The summed E-state index contributed by atoms with van der Waals surface area (Å²) in [5, 5.41) is 0. The van der Waals surface area contributed by atoms with E-state index in [1.54, 1.807) is 6.20 Å². The van der Waals surface area contributed by atoms with Crippen molar-refractivity contribution < 1.29 is 0 Å². The van der Waals surface area contributed by atoms with E-state index in [4.69, 9.17) is 0 Å². The molecule has 0 unspecified atom stereocenters. The number of aromatic amines is 1. The minimum absolute atomic E-state index is 0.810. The molecule has 2 aromatic rings. The first-order valence-corrected chi connectivity index (χ1v) is 3.70. The Bertz CT molecular complexity index is 331. The third-order valence-corrected chi connectivity index (χ3v) is 1.64. The Hall–Kier alpha value is -1.38. The third-order valence-electron chi connectivity index (χ3n) is 1.64. The molecule has 2 aromatic heterocycles. The number of rotatable bonds is 1. The Morgan fingerprint density at radius 3 is 3.18 bits per heavy atom. The molecule has 0 atom stereocenters. The molecule has 0 saturated carbocycles. The highest BCUT2D eigenvalue weighted by Gasteiger charge is 1.98. The second-order valence-corrected chi connectivity index (χ2v) is 2.41. The molecule has 11 heavy (non-hydrogen) atoms. The normalized spacial score (nSPS) is 10.6. The van der Waals surface area contributed by atoms with Crippen molar-refractivity contribution in [2.75, 3.05) is 0 Å². The van der Waals surface area contributed by atoms with Crippen LogP contribution in [0, 0.1) is 0 Å². The summed E-state index contributed by atoms with van der Waals surface area (Å²) < 4.78 is 0. The monoisotopic (exact) mass is 147 g/mol. The Kier molecular flexibility index (Phi) is 1.35. The van der Waals surface area contributed by atoms with Gasteiger partial charge < -0.3 is 4.98 Å². The van der Waals surface area contributed by atoms with E-state index in [1.807, 2.05) is 12.1 Å². The summed E-state index contributed by atoms with van der Waals surface area (Å²) in [5.41, 5.74) is 1.83. The van der Waals surface area contributed by atoms with Gasteiger partial charge in [0.05, 0.1) is 5.52 Å². The fraction of sp³-hybridized carbons (Fsp3) is 0.250. The van der Waals surface area contributed by atoms with Gasteiger partial charge in [-0.05, 0) is 12.1 Å². The van der Waals surface area contributed by atoms with Crippen LogP contribution >= 0.6 is 0 Å². The molecule has 0 radical (unpaired) electrons. The first kappa shape index (κ1) is 6.34. The second kappa shape index (κ2) is 2.34. The number of imidazole rings is 1. The summed E-state index contributed by atoms with van der Waals surface area (Å²) in [6.07, 6.45) is 2.68. The van der Waals surface area contributed by atoms with Gasteiger partial charge in [0, 0.05) is 12.6 Å². The predicted octanol–water partition coefficient (Wildman–Crippen LogP) is 1.52. The third kappa shape index (κ3) is 0.981. The average molecular weight is 147 g/mol. The summed E-state index contributed by atoms with van der Waals surface area (Å²) in [5.74, 6) is 0.999. The van der Waals surface area contributed by atoms with E-state index >= 15 is 0 Å². The lowest BCUT2D eigenvalue weighted by Gasteiger charge is -1.81. The van der Waals surface area contributed by atoms with E-state index in [1.165, 1.54) is 0 Å². The average Bonchev–Trinajstić information content (AvgIpc) is 2.46. The van der Waals surface area contributed by atoms with Crippen molar-refractivity contribution in [2.45, 2.75) is 13.3 Å². The summed E-state index contributed by atoms with van der Waals surface area (Å²) in [7, 11) is 0. The zero-order chi connectivity index (χ0) is 7.68. The smallest absolute Gasteiger partial charge is 0.177 e. The van der Waals surface area contributed by atoms with Gasteiger partial charge >= 0.3 is 0 Å². The van der Waals surface area contributed by atoms with E-state index in [2.05, 4.69) is 21.9 Å². The molecule has 56 valence electrons. The number of aromatic nitrogens is 3. The lowest BCUT2D eigenvalue weighted by molar-refractivity contribution is 0.997. The molecule has 3 nitrogen and oxygen atoms in total. The number of nitrogens with one attached hydrogen (secondary N) is 1. The highest BCUT2D eigenvalue weighted by atomic mass is 15.0. The van der Waals surface area contributed by atoms with Crippen LogP contribution in [0.5, 0.6) is 0 Å². The number of fused-ring (bicyclic) bond motifs is 1. The molecule has 0 aliphatic rings. The topological polar surface area (TPSA) is 41.6 Å². The first-order valence-electron chi connectivity index (χ1n) is 3.70. The molecule has 0 spiro atoms. The number of hydrogen-bond acceptors (Lipinski definition) is 2. The van der Waals surface area contributed by atoms with Crippen molar-refractivity contribution in [1.82, 2.24) is 15.0 Å². The molecule has 0 amide bonds. The van der Waals surface area contributed by atoms with Gasteiger partial charge in [0.1, 0.15) is 5.82 Å². The molecule has 3 heteroatoms. The standard InChI is InChI=1S/C8H9N3/c1-2-7-10-6-4-3-5-9-8(6)11-7/h3-5H,2H2,1H3,(H,9,10,11). The van der Waals surface area contributed by atoms with Crippen molar-refractivity contribution in [1.29, 1.82) is 0 Å². The van der Waals surface area contributed by atoms with Gasteiger partial charge in [-0.3, -0.25) is 0 Å². The molecular formula is C8H9N3. The van der Waals surface area contributed by atoms with Gasteiger partial charge in [-0.15, -0.1) is 0 Å². The fourth-order valence-electron chi connectivity index (χ4n) is 1.06. The molecule has 0 aliphatic heterocycles. The molecule has 0 aliphatic carbocycles. The van der Waals surface area contributed by atoms with Crippen molar-refractivity contribution in [3.63, 3.8) is 0 Å². The van der Waals surface area contributed by atoms with Gasteiger partial charge in [0.15, 0.2) is 5.65 Å². The van der Waals surface area contributed by atoms with Gasteiger partial charge in [-0.1, -0.05) is 6.92 Å². The second-order valence-electron chi connectivity index (χ2n) is 2.41. The van der Waals surface area contributed by atoms with Crippen LogP contribution in [0.25, 0.3) is 11.2 Å². The number of aryl methyl sites for hydroxylation is 1. The predicted molar refractivity (Wildman–Crippen MR) is 43.3 cm³/mol. The van der Waals surface area contributed by atoms with Gasteiger partial charge in [-0.25, -0.2) is 9.97 Å². The lowest BCUT2D eigenvalue weighted by Crippen LogP contribution is -1.79. The van der Waals surface area contributed by atoms with Crippen molar-refractivity contribution in [3.05, 3.63) is 24.2 Å². The van der Waals surface area contributed by atoms with Crippen LogP contribution in [0.4, 0.5) is 0 Å². The largest absolute Gasteiger partial charge is 0.341 e. The molecule has 0 saturated heterocycles. The lowest BCUT2D eigenvalue weighted by atomic mass is 10.4. The Labute approximate surface area is 64.5 Å². The highest BCUT2D eigenvalue weighted by Crippen LogP contribution is 2.06. The van der Waals surface area contributed by atoms with Gasteiger partial charge in [-0.2, -0.15) is 0 Å². The maximum atomic E-state index is 4.26. The first-order chi connectivity index (χ1) is 5.40. The van der Waals surface area contributed by atoms with Crippen LogP contribution in [-0.2, 0) is 6.42 Å². The van der Waals surface area contributed by atoms with Gasteiger partial charge in [0.25, 0.3) is 0 Å². The molecule has 1 N–H and O–H groups in total. The zero-order valence-electron chi connectivity index (χ0n) is 6.33. The van der Waals surface area contributed by atoms with E-state index < -0.39 is 0 Å². The number of nitrogens with zero attached hydrogens (tertiary/aromatic N) is 2. The van der Waals surface area contributed by atoms with Crippen molar-refractivity contribution >= 4 is 11.2 Å². The quantitative estimate of drug-likeness (QED) is 0.664. The van der Waals surface area contributed by atoms with Crippen LogP contribution in [-0.4, -0.2) is 15.0 Å².